The van der Waals surface area contributed by atoms with E-state index < -0.39 is 0 Å². The van der Waals surface area contributed by atoms with Gasteiger partial charge in [-0.3, -0.25) is 4.99 Å². The van der Waals surface area contributed by atoms with Gasteiger partial charge in [0.2, 0.25) is 11.8 Å². The smallest absolute Gasteiger partial charge is 0.214 e. The van der Waals surface area contributed by atoms with Crippen molar-refractivity contribution < 1.29 is 9.15 Å². The highest BCUT2D eigenvalue weighted by Crippen LogP contribution is 2.23. The summed E-state index contributed by atoms with van der Waals surface area (Å²) in [5, 5.41) is 6.49. The molecule has 140 valence electrons. The molecule has 7 nitrogen and oxygen atoms in total. The number of ether oxygens (including phenoxy) is 1. The van der Waals surface area contributed by atoms with Gasteiger partial charge in [0.15, 0.2) is 5.96 Å². The molecule has 2 N–H and O–H groups in total. The van der Waals surface area contributed by atoms with E-state index in [2.05, 4.69) is 25.6 Å². The van der Waals surface area contributed by atoms with Crippen molar-refractivity contribution in [3.63, 3.8) is 0 Å². The summed E-state index contributed by atoms with van der Waals surface area (Å²) in [6.07, 6.45) is 6.85. The predicted octanol–water partition coefficient (Wildman–Crippen LogP) is 2.87. The summed E-state index contributed by atoms with van der Waals surface area (Å²) in [6, 6.07) is 3.96. The van der Waals surface area contributed by atoms with Crippen LogP contribution in [0.25, 0.3) is 0 Å². The average Bonchev–Trinajstić information content (AvgIpc) is 3.25. The first kappa shape index (κ1) is 18.2. The maximum Gasteiger partial charge on any atom is 0.214 e. The summed E-state index contributed by atoms with van der Waals surface area (Å²) < 4.78 is 11.5. The van der Waals surface area contributed by atoms with Crippen LogP contribution in [-0.4, -0.2) is 29.1 Å². The summed E-state index contributed by atoms with van der Waals surface area (Å²) in [5.74, 6) is 2.88. The Hall–Kier alpha value is -2.57. The predicted molar refractivity (Wildman–Crippen MR) is 100 cm³/mol. The molecule has 0 aliphatic heterocycles. The van der Waals surface area contributed by atoms with Crippen LogP contribution >= 0.6 is 0 Å². The molecule has 0 radical (unpaired) electrons. The standard InChI is InChI=1S/C19H27N5O2/c1-13-14(2)25-18(24-13)12-23-19(20-3)22-11-15-8-9-21-17(10-15)26-16-6-4-5-7-16/h8-10,16H,4-7,11-12H2,1-3H3,(H2,20,22,23). The second-order valence-corrected chi connectivity index (χ2v) is 6.56. The molecular weight excluding hydrogens is 330 g/mol. The zero-order valence-electron chi connectivity index (χ0n) is 15.7. The van der Waals surface area contributed by atoms with Gasteiger partial charge in [-0.1, -0.05) is 0 Å². The summed E-state index contributed by atoms with van der Waals surface area (Å²) in [4.78, 5) is 12.9. The Labute approximate surface area is 154 Å². The minimum atomic E-state index is 0.313. The highest BCUT2D eigenvalue weighted by molar-refractivity contribution is 5.79. The third-order valence-electron chi connectivity index (χ3n) is 4.55. The van der Waals surface area contributed by atoms with E-state index in [9.17, 15) is 0 Å². The fraction of sp³-hybridized carbons (Fsp3) is 0.526. The Morgan fingerprint density at radius 3 is 2.73 bits per heavy atom. The molecule has 0 saturated heterocycles. The van der Waals surface area contributed by atoms with E-state index in [0.717, 1.165) is 29.9 Å². The van der Waals surface area contributed by atoms with Crippen molar-refractivity contribution in [3.8, 4) is 5.88 Å². The molecule has 0 aromatic carbocycles. The van der Waals surface area contributed by atoms with Gasteiger partial charge in [-0.15, -0.1) is 0 Å². The number of nitrogens with zero attached hydrogens (tertiary/aromatic N) is 3. The van der Waals surface area contributed by atoms with E-state index in [1.165, 1.54) is 12.8 Å². The lowest BCUT2D eigenvalue weighted by Crippen LogP contribution is -2.36. The van der Waals surface area contributed by atoms with Crippen molar-refractivity contribution in [1.29, 1.82) is 0 Å². The van der Waals surface area contributed by atoms with Gasteiger partial charge in [-0.2, -0.15) is 0 Å². The largest absolute Gasteiger partial charge is 0.474 e. The van der Waals surface area contributed by atoms with E-state index in [0.29, 0.717) is 36.9 Å². The zero-order chi connectivity index (χ0) is 18.4. The lowest BCUT2D eigenvalue weighted by atomic mass is 10.2. The number of aryl methyl sites for hydroxylation is 2. The van der Waals surface area contributed by atoms with E-state index >= 15 is 0 Å². The molecule has 1 fully saturated rings. The van der Waals surface area contributed by atoms with Crippen molar-refractivity contribution in [2.45, 2.75) is 58.7 Å². The third-order valence-corrected chi connectivity index (χ3v) is 4.55. The summed E-state index contributed by atoms with van der Waals surface area (Å²) >= 11 is 0. The van der Waals surface area contributed by atoms with Gasteiger partial charge in [0, 0.05) is 25.9 Å². The maximum atomic E-state index is 5.96. The van der Waals surface area contributed by atoms with Crippen LogP contribution in [0.1, 0.15) is 48.6 Å². The normalized spacial score (nSPS) is 15.3. The molecule has 3 rings (SSSR count). The molecule has 0 spiro atoms. The van der Waals surface area contributed by atoms with Gasteiger partial charge in [0.05, 0.1) is 12.2 Å². The summed E-state index contributed by atoms with van der Waals surface area (Å²) in [7, 11) is 1.74. The molecule has 2 heterocycles. The highest BCUT2D eigenvalue weighted by atomic mass is 16.5. The number of aromatic nitrogens is 2. The molecule has 7 heteroatoms. The van der Waals surface area contributed by atoms with E-state index in [-0.39, 0.29) is 0 Å². The van der Waals surface area contributed by atoms with Gasteiger partial charge in [0.1, 0.15) is 11.9 Å². The number of guanidine groups is 1. The summed E-state index contributed by atoms with van der Waals surface area (Å²) in [6.45, 7) is 4.96. The lowest BCUT2D eigenvalue weighted by Gasteiger charge is -2.14. The maximum absolute atomic E-state index is 5.96. The van der Waals surface area contributed by atoms with Gasteiger partial charge < -0.3 is 19.8 Å². The van der Waals surface area contributed by atoms with Crippen molar-refractivity contribution in [1.82, 2.24) is 20.6 Å². The fourth-order valence-electron chi connectivity index (χ4n) is 2.98. The number of pyridine rings is 1. The molecule has 1 saturated carbocycles. The Kier molecular flexibility index (Phi) is 6.09. The molecule has 1 aliphatic carbocycles. The van der Waals surface area contributed by atoms with E-state index in [1.54, 1.807) is 13.2 Å². The molecular formula is C19H27N5O2. The van der Waals surface area contributed by atoms with Crippen LogP contribution < -0.4 is 15.4 Å². The Morgan fingerprint density at radius 1 is 1.27 bits per heavy atom. The Bertz CT molecular complexity index is 731. The van der Waals surface area contributed by atoms with Crippen LogP contribution in [0.3, 0.4) is 0 Å². The van der Waals surface area contributed by atoms with Crippen molar-refractivity contribution >= 4 is 5.96 Å². The van der Waals surface area contributed by atoms with Crippen molar-refractivity contribution in [2.75, 3.05) is 7.05 Å². The minimum absolute atomic E-state index is 0.313. The van der Waals surface area contributed by atoms with Gasteiger partial charge in [-0.05, 0) is 51.2 Å². The average molecular weight is 357 g/mol. The second kappa shape index (κ2) is 8.69. The third kappa shape index (κ3) is 4.97. The second-order valence-electron chi connectivity index (χ2n) is 6.56. The number of hydrogen-bond donors (Lipinski definition) is 2. The van der Waals surface area contributed by atoms with Gasteiger partial charge in [0.25, 0.3) is 0 Å². The molecule has 0 bridgehead atoms. The SMILES string of the molecule is CN=C(NCc1ccnc(OC2CCCC2)c1)NCc1nc(C)c(C)o1. The lowest BCUT2D eigenvalue weighted by molar-refractivity contribution is 0.201. The topological polar surface area (TPSA) is 84.6 Å². The minimum Gasteiger partial charge on any atom is -0.474 e. The molecule has 26 heavy (non-hydrogen) atoms. The number of aliphatic imine (C=N–C) groups is 1. The molecule has 0 atom stereocenters. The Morgan fingerprint density at radius 2 is 2.04 bits per heavy atom. The van der Waals surface area contributed by atoms with Crippen LogP contribution in [0.4, 0.5) is 0 Å². The quantitative estimate of drug-likeness (QED) is 0.611. The first-order chi connectivity index (χ1) is 12.6. The van der Waals surface area contributed by atoms with Crippen LogP contribution in [0.5, 0.6) is 5.88 Å². The van der Waals surface area contributed by atoms with Crippen LogP contribution in [0.2, 0.25) is 0 Å². The van der Waals surface area contributed by atoms with E-state index in [1.807, 2.05) is 26.0 Å². The zero-order valence-corrected chi connectivity index (χ0v) is 15.7. The van der Waals surface area contributed by atoms with Crippen LogP contribution in [0.15, 0.2) is 27.7 Å². The van der Waals surface area contributed by atoms with Crippen LogP contribution in [-0.2, 0) is 13.1 Å². The molecule has 2 aromatic heterocycles. The number of nitrogens with one attached hydrogen (secondary N) is 2. The number of rotatable bonds is 6. The Balaban J connectivity index is 1.50. The number of oxazole rings is 1. The first-order valence-electron chi connectivity index (χ1n) is 9.13. The molecule has 0 amide bonds. The highest BCUT2D eigenvalue weighted by Gasteiger charge is 2.17. The van der Waals surface area contributed by atoms with Gasteiger partial charge >= 0.3 is 0 Å². The summed E-state index contributed by atoms with van der Waals surface area (Å²) in [5.41, 5.74) is 2.01. The molecule has 1 aliphatic rings. The van der Waals surface area contributed by atoms with Crippen molar-refractivity contribution in [2.24, 2.45) is 4.99 Å². The van der Waals surface area contributed by atoms with Crippen LogP contribution in [0, 0.1) is 13.8 Å². The molecule has 2 aromatic rings. The van der Waals surface area contributed by atoms with E-state index in [4.69, 9.17) is 9.15 Å². The monoisotopic (exact) mass is 357 g/mol. The molecule has 0 unspecified atom stereocenters. The fourth-order valence-corrected chi connectivity index (χ4v) is 2.98. The first-order valence-corrected chi connectivity index (χ1v) is 9.13. The van der Waals surface area contributed by atoms with Gasteiger partial charge in [-0.25, -0.2) is 9.97 Å². The number of hydrogen-bond acceptors (Lipinski definition) is 5. The van der Waals surface area contributed by atoms with Crippen molar-refractivity contribution in [3.05, 3.63) is 41.2 Å².